The van der Waals surface area contributed by atoms with Crippen molar-refractivity contribution in [2.75, 3.05) is 13.7 Å². The summed E-state index contributed by atoms with van der Waals surface area (Å²) in [5.74, 6) is 6.73. The van der Waals surface area contributed by atoms with Crippen LogP contribution in [0.15, 0.2) is 83.8 Å². The molecule has 1 atom stereocenters. The molecule has 3 rings (SSSR count). The first-order valence-electron chi connectivity index (χ1n) is 9.89. The zero-order valence-corrected chi connectivity index (χ0v) is 18.1. The van der Waals surface area contributed by atoms with Gasteiger partial charge in [-0.1, -0.05) is 60.5 Å². The quantitative estimate of drug-likeness (QED) is 0.530. The summed E-state index contributed by atoms with van der Waals surface area (Å²) in [6.45, 7) is -0.330. The van der Waals surface area contributed by atoms with E-state index in [1.165, 1.54) is 0 Å². The predicted octanol–water partition coefficient (Wildman–Crippen LogP) is 3.64. The van der Waals surface area contributed by atoms with Crippen LogP contribution in [0.1, 0.15) is 12.0 Å². The van der Waals surface area contributed by atoms with E-state index in [9.17, 15) is 13.5 Å². The van der Waals surface area contributed by atoms with Gasteiger partial charge in [-0.3, -0.25) is 0 Å². The highest BCUT2D eigenvalue weighted by Crippen LogP contribution is 2.23. The maximum Gasteiger partial charge on any atom is 0.240 e. The van der Waals surface area contributed by atoms with Gasteiger partial charge in [0.05, 0.1) is 24.7 Å². The minimum atomic E-state index is -3.77. The van der Waals surface area contributed by atoms with E-state index in [-0.39, 0.29) is 17.9 Å². The van der Waals surface area contributed by atoms with Gasteiger partial charge in [0.1, 0.15) is 5.75 Å². The van der Waals surface area contributed by atoms with E-state index in [4.69, 9.17) is 4.74 Å². The van der Waals surface area contributed by atoms with E-state index in [0.29, 0.717) is 6.42 Å². The van der Waals surface area contributed by atoms with Gasteiger partial charge in [0.25, 0.3) is 0 Å². The van der Waals surface area contributed by atoms with Crippen molar-refractivity contribution in [2.45, 2.75) is 23.8 Å². The second-order valence-corrected chi connectivity index (χ2v) is 8.69. The van der Waals surface area contributed by atoms with E-state index in [1.54, 1.807) is 31.4 Å². The Hall–Kier alpha value is -3.11. The van der Waals surface area contributed by atoms with Crippen LogP contribution in [0.2, 0.25) is 0 Å². The topological polar surface area (TPSA) is 75.6 Å². The van der Waals surface area contributed by atoms with Crippen molar-refractivity contribution in [3.8, 4) is 28.7 Å². The molecule has 0 radical (unpaired) electrons. The number of benzene rings is 3. The molecule has 160 valence electrons. The molecule has 0 aliphatic carbocycles. The molecule has 0 saturated heterocycles. The molecule has 0 aromatic heterocycles. The number of methoxy groups -OCH3 is 1. The minimum Gasteiger partial charge on any atom is -0.497 e. The minimum absolute atomic E-state index is 0.139. The first-order valence-corrected chi connectivity index (χ1v) is 11.4. The smallest absolute Gasteiger partial charge is 0.240 e. The van der Waals surface area contributed by atoms with Gasteiger partial charge in [0.15, 0.2) is 0 Å². The molecule has 2 N–H and O–H groups in total. The number of sulfonamides is 1. The fourth-order valence-electron chi connectivity index (χ4n) is 3.00. The molecule has 0 fully saturated rings. The monoisotopic (exact) mass is 435 g/mol. The zero-order valence-electron chi connectivity index (χ0n) is 17.3. The third-order valence-electron chi connectivity index (χ3n) is 4.74. The first-order chi connectivity index (χ1) is 15.0. The van der Waals surface area contributed by atoms with Crippen LogP contribution in [0.5, 0.6) is 5.75 Å². The molecule has 0 saturated carbocycles. The van der Waals surface area contributed by atoms with Crippen LogP contribution < -0.4 is 9.46 Å². The number of hydrogen-bond acceptors (Lipinski definition) is 4. The summed E-state index contributed by atoms with van der Waals surface area (Å²) < 4.78 is 33.1. The van der Waals surface area contributed by atoms with Crippen molar-refractivity contribution in [1.82, 2.24) is 4.72 Å². The third kappa shape index (κ3) is 6.43. The average molecular weight is 436 g/mol. The molecule has 0 bridgehead atoms. The van der Waals surface area contributed by atoms with Gasteiger partial charge in [0, 0.05) is 12.8 Å². The second-order valence-electron chi connectivity index (χ2n) is 6.97. The summed E-state index contributed by atoms with van der Waals surface area (Å²) in [6.07, 6.45) is 0.811. The number of hydrogen-bond donors (Lipinski definition) is 2. The molecule has 0 heterocycles. The van der Waals surface area contributed by atoms with Gasteiger partial charge in [-0.05, 0) is 41.0 Å². The van der Waals surface area contributed by atoms with Crippen LogP contribution in [0.25, 0.3) is 11.1 Å². The Morgan fingerprint density at radius 1 is 0.903 bits per heavy atom. The molecule has 3 aromatic rings. The van der Waals surface area contributed by atoms with Gasteiger partial charge in [-0.2, -0.15) is 0 Å². The van der Waals surface area contributed by atoms with E-state index in [0.717, 1.165) is 22.4 Å². The van der Waals surface area contributed by atoms with E-state index >= 15 is 0 Å². The van der Waals surface area contributed by atoms with Crippen LogP contribution in [0, 0.1) is 11.8 Å². The summed E-state index contributed by atoms with van der Waals surface area (Å²) in [5, 5.41) is 9.58. The Morgan fingerprint density at radius 2 is 1.52 bits per heavy atom. The SMILES string of the molecule is COc1ccc(-c2ccc(S(=O)(=O)NC(CO)CC#CCc3ccccc3)cc2)cc1. The fourth-order valence-corrected chi connectivity index (χ4v) is 4.22. The van der Waals surface area contributed by atoms with Gasteiger partial charge in [-0.15, -0.1) is 5.92 Å². The highest BCUT2D eigenvalue weighted by Gasteiger charge is 2.19. The highest BCUT2D eigenvalue weighted by molar-refractivity contribution is 7.89. The van der Waals surface area contributed by atoms with Crippen molar-refractivity contribution < 1.29 is 18.3 Å². The lowest BCUT2D eigenvalue weighted by atomic mass is 10.1. The van der Waals surface area contributed by atoms with Crippen LogP contribution >= 0.6 is 0 Å². The summed E-state index contributed by atoms with van der Waals surface area (Å²) in [7, 11) is -2.16. The number of rotatable bonds is 8. The molecule has 0 spiro atoms. The number of nitrogens with one attached hydrogen (secondary N) is 1. The molecular weight excluding hydrogens is 410 g/mol. The summed E-state index contributed by atoms with van der Waals surface area (Å²) >= 11 is 0. The predicted molar refractivity (Wildman–Crippen MR) is 122 cm³/mol. The molecule has 5 nitrogen and oxygen atoms in total. The first kappa shape index (κ1) is 22.6. The van der Waals surface area contributed by atoms with E-state index in [1.807, 2.05) is 54.6 Å². The Bertz CT molecular complexity index is 1130. The molecule has 1 unspecified atom stereocenters. The van der Waals surface area contributed by atoms with Gasteiger partial charge in [-0.25, -0.2) is 13.1 Å². The Balaban J connectivity index is 1.63. The van der Waals surface area contributed by atoms with Crippen molar-refractivity contribution >= 4 is 10.0 Å². The lowest BCUT2D eigenvalue weighted by molar-refractivity contribution is 0.258. The highest BCUT2D eigenvalue weighted by atomic mass is 32.2. The maximum absolute atomic E-state index is 12.7. The van der Waals surface area contributed by atoms with Crippen molar-refractivity contribution in [3.63, 3.8) is 0 Å². The summed E-state index contributed by atoms with van der Waals surface area (Å²) in [5.41, 5.74) is 2.94. The molecule has 0 amide bonds. The fraction of sp³-hybridized carbons (Fsp3) is 0.200. The Labute approximate surface area is 183 Å². The molecule has 0 aliphatic rings. The molecule has 31 heavy (non-hydrogen) atoms. The van der Waals surface area contributed by atoms with Gasteiger partial charge < -0.3 is 9.84 Å². The lowest BCUT2D eigenvalue weighted by Crippen LogP contribution is -2.37. The molecule has 0 aliphatic heterocycles. The van der Waals surface area contributed by atoms with E-state index < -0.39 is 16.1 Å². The summed E-state index contributed by atoms with van der Waals surface area (Å²) in [4.78, 5) is 0.139. The van der Waals surface area contributed by atoms with Crippen LogP contribution in [0.4, 0.5) is 0 Å². The zero-order chi connectivity index (χ0) is 22.1. The second kappa shape index (κ2) is 10.8. The normalized spacial score (nSPS) is 11.9. The van der Waals surface area contributed by atoms with Crippen molar-refractivity contribution in [3.05, 3.63) is 84.4 Å². The standard InChI is InChI=1S/C25H25NO4S/c1-30-24-15-11-21(12-16-24)22-13-17-25(18-14-22)31(28,29)26-23(19-27)10-6-5-9-20-7-3-2-4-8-20/h2-4,7-8,11-18,23,26-27H,9-10,19H2,1H3. The third-order valence-corrected chi connectivity index (χ3v) is 6.28. The largest absolute Gasteiger partial charge is 0.497 e. The Kier molecular flexibility index (Phi) is 7.85. The molecule has 6 heteroatoms. The van der Waals surface area contributed by atoms with Crippen LogP contribution in [-0.2, 0) is 16.4 Å². The van der Waals surface area contributed by atoms with Crippen LogP contribution in [-0.4, -0.2) is 33.3 Å². The lowest BCUT2D eigenvalue weighted by Gasteiger charge is -2.14. The average Bonchev–Trinajstić information content (AvgIpc) is 2.82. The van der Waals surface area contributed by atoms with Crippen molar-refractivity contribution in [2.24, 2.45) is 0 Å². The van der Waals surface area contributed by atoms with Crippen LogP contribution in [0.3, 0.4) is 0 Å². The summed E-state index contributed by atoms with van der Waals surface area (Å²) in [6, 6.07) is 23.3. The number of aliphatic hydroxyl groups is 1. The maximum atomic E-state index is 12.7. The van der Waals surface area contributed by atoms with Gasteiger partial charge >= 0.3 is 0 Å². The molecular formula is C25H25NO4S. The number of aliphatic hydroxyl groups excluding tert-OH is 1. The molecule has 3 aromatic carbocycles. The number of ether oxygens (including phenoxy) is 1. The van der Waals surface area contributed by atoms with E-state index in [2.05, 4.69) is 16.6 Å². The van der Waals surface area contributed by atoms with Crippen molar-refractivity contribution in [1.29, 1.82) is 0 Å². The van der Waals surface area contributed by atoms with Gasteiger partial charge in [0.2, 0.25) is 10.0 Å². The Morgan fingerprint density at radius 3 is 2.10 bits per heavy atom.